The zero-order chi connectivity index (χ0) is 16.2. The van der Waals surface area contributed by atoms with Crippen molar-refractivity contribution in [3.05, 3.63) is 0 Å². The molecule has 1 aliphatic heterocycles. The average Bonchev–Trinajstić information content (AvgIpc) is 2.98. The highest BCUT2D eigenvalue weighted by Gasteiger charge is 2.18. The van der Waals surface area contributed by atoms with Crippen LogP contribution in [-0.2, 0) is 4.74 Å². The molecule has 1 saturated heterocycles. The van der Waals surface area contributed by atoms with Crippen molar-refractivity contribution in [3.8, 4) is 0 Å². The third-order valence-electron chi connectivity index (χ3n) is 4.19. The van der Waals surface area contributed by atoms with Crippen LogP contribution in [0.25, 0.3) is 0 Å². The summed E-state index contributed by atoms with van der Waals surface area (Å²) in [6, 6.07) is 0. The maximum absolute atomic E-state index is 5.44. The summed E-state index contributed by atoms with van der Waals surface area (Å²) < 4.78 is 5.44. The fourth-order valence-corrected chi connectivity index (χ4v) is 2.87. The van der Waals surface area contributed by atoms with E-state index in [1.807, 2.05) is 7.05 Å². The molecule has 6 heteroatoms. The van der Waals surface area contributed by atoms with Crippen LogP contribution >= 0.6 is 24.0 Å². The summed E-state index contributed by atoms with van der Waals surface area (Å²) in [4.78, 5) is 8.88. The molecule has 1 heterocycles. The Bertz CT molecular complexity index is 307. The number of nitrogens with one attached hydrogen (secondary N) is 1. The molecular weight excluding hydrogens is 403 g/mol. The summed E-state index contributed by atoms with van der Waals surface area (Å²) in [5.74, 6) is 1.67. The largest absolute Gasteiger partial charge is 0.381 e. The van der Waals surface area contributed by atoms with Gasteiger partial charge in [0.15, 0.2) is 5.96 Å². The van der Waals surface area contributed by atoms with E-state index in [4.69, 9.17) is 4.74 Å². The highest BCUT2D eigenvalue weighted by atomic mass is 127. The van der Waals surface area contributed by atoms with Crippen LogP contribution in [0.4, 0.5) is 0 Å². The third-order valence-corrected chi connectivity index (χ3v) is 4.19. The van der Waals surface area contributed by atoms with Crippen molar-refractivity contribution in [2.24, 2.45) is 10.9 Å². The summed E-state index contributed by atoms with van der Waals surface area (Å²) in [6.07, 6.45) is 7.69. The lowest BCUT2D eigenvalue weighted by Gasteiger charge is -2.24. The summed E-state index contributed by atoms with van der Waals surface area (Å²) in [7, 11) is 8.27. The molecule has 0 spiro atoms. The molecule has 0 aromatic carbocycles. The first-order valence-corrected chi connectivity index (χ1v) is 8.77. The van der Waals surface area contributed by atoms with Crippen LogP contribution < -0.4 is 5.32 Å². The minimum absolute atomic E-state index is 0. The van der Waals surface area contributed by atoms with Gasteiger partial charge in [-0.15, -0.1) is 24.0 Å². The first kappa shape index (κ1) is 22.9. The Hall–Kier alpha value is -0.0800. The quantitative estimate of drug-likeness (QED) is 0.246. The lowest BCUT2D eigenvalue weighted by atomic mass is 10.1. The topological polar surface area (TPSA) is 40.1 Å². The molecular formula is C17H37IN4O. The van der Waals surface area contributed by atoms with Gasteiger partial charge in [0.05, 0.1) is 6.61 Å². The van der Waals surface area contributed by atoms with Crippen molar-refractivity contribution in [1.29, 1.82) is 0 Å². The van der Waals surface area contributed by atoms with Crippen molar-refractivity contribution in [1.82, 2.24) is 15.1 Å². The fourth-order valence-electron chi connectivity index (χ4n) is 2.87. The number of hydrogen-bond donors (Lipinski definition) is 1. The van der Waals surface area contributed by atoms with Gasteiger partial charge < -0.3 is 19.9 Å². The van der Waals surface area contributed by atoms with Crippen LogP contribution in [0.3, 0.4) is 0 Å². The molecule has 1 unspecified atom stereocenters. The van der Waals surface area contributed by atoms with Gasteiger partial charge in [0.1, 0.15) is 0 Å². The maximum atomic E-state index is 5.44. The fraction of sp³-hybridized carbons (Fsp3) is 0.941. The summed E-state index contributed by atoms with van der Waals surface area (Å²) in [6.45, 7) is 5.07. The summed E-state index contributed by atoms with van der Waals surface area (Å²) in [5.41, 5.74) is 0. The van der Waals surface area contributed by atoms with Gasteiger partial charge in [-0.2, -0.15) is 0 Å². The van der Waals surface area contributed by atoms with Crippen LogP contribution in [0.2, 0.25) is 0 Å². The minimum atomic E-state index is 0. The third kappa shape index (κ3) is 11.2. The first-order chi connectivity index (χ1) is 10.6. The van der Waals surface area contributed by atoms with Crippen LogP contribution in [0.1, 0.15) is 38.5 Å². The number of rotatable bonds is 10. The summed E-state index contributed by atoms with van der Waals surface area (Å²) >= 11 is 0. The van der Waals surface area contributed by atoms with E-state index < -0.39 is 0 Å². The molecule has 5 nitrogen and oxygen atoms in total. The van der Waals surface area contributed by atoms with E-state index in [1.165, 1.54) is 45.1 Å². The predicted octanol–water partition coefficient (Wildman–Crippen LogP) is 2.66. The monoisotopic (exact) mass is 440 g/mol. The number of nitrogens with zero attached hydrogens (tertiary/aromatic N) is 3. The van der Waals surface area contributed by atoms with E-state index >= 15 is 0 Å². The van der Waals surface area contributed by atoms with Crippen LogP contribution in [0, 0.1) is 5.92 Å². The van der Waals surface area contributed by atoms with E-state index in [2.05, 4.69) is 41.3 Å². The zero-order valence-corrected chi connectivity index (χ0v) is 17.8. The van der Waals surface area contributed by atoms with Crippen LogP contribution in [0.5, 0.6) is 0 Å². The lowest BCUT2D eigenvalue weighted by molar-refractivity contribution is 0.181. The van der Waals surface area contributed by atoms with Crippen molar-refractivity contribution >= 4 is 29.9 Å². The Balaban J connectivity index is 0.00000484. The highest BCUT2D eigenvalue weighted by molar-refractivity contribution is 14.0. The van der Waals surface area contributed by atoms with Crippen molar-refractivity contribution in [3.63, 3.8) is 0 Å². The molecule has 1 atom stereocenters. The molecule has 0 radical (unpaired) electrons. The Morgan fingerprint density at radius 3 is 2.43 bits per heavy atom. The van der Waals surface area contributed by atoms with Gasteiger partial charge in [0.25, 0.3) is 0 Å². The lowest BCUT2D eigenvalue weighted by Crippen LogP contribution is -2.41. The number of guanidine groups is 1. The molecule has 0 amide bonds. The molecule has 1 fully saturated rings. The van der Waals surface area contributed by atoms with Gasteiger partial charge in [0, 0.05) is 39.7 Å². The number of hydrogen-bond acceptors (Lipinski definition) is 3. The van der Waals surface area contributed by atoms with Crippen molar-refractivity contribution in [2.45, 2.75) is 38.5 Å². The number of halogens is 1. The van der Waals surface area contributed by atoms with E-state index in [9.17, 15) is 0 Å². The van der Waals surface area contributed by atoms with Crippen molar-refractivity contribution in [2.75, 3.05) is 61.0 Å². The van der Waals surface area contributed by atoms with E-state index in [1.54, 1.807) is 0 Å². The van der Waals surface area contributed by atoms with E-state index in [0.717, 1.165) is 32.3 Å². The predicted molar refractivity (Wildman–Crippen MR) is 110 cm³/mol. The van der Waals surface area contributed by atoms with Crippen LogP contribution in [-0.4, -0.2) is 76.8 Å². The van der Waals surface area contributed by atoms with Gasteiger partial charge in [-0.3, -0.25) is 4.99 Å². The second-order valence-corrected chi connectivity index (χ2v) is 6.66. The summed E-state index contributed by atoms with van der Waals surface area (Å²) in [5, 5.41) is 3.48. The molecule has 1 N–H and O–H groups in total. The van der Waals surface area contributed by atoms with Crippen molar-refractivity contribution < 1.29 is 4.74 Å². The van der Waals surface area contributed by atoms with Gasteiger partial charge in [-0.05, 0) is 39.9 Å². The average molecular weight is 440 g/mol. The van der Waals surface area contributed by atoms with Gasteiger partial charge in [-0.1, -0.05) is 19.3 Å². The normalized spacial score (nSPS) is 18.1. The molecule has 138 valence electrons. The smallest absolute Gasteiger partial charge is 0.193 e. The molecule has 0 aliphatic carbocycles. The Morgan fingerprint density at radius 2 is 1.83 bits per heavy atom. The highest BCUT2D eigenvalue weighted by Crippen LogP contribution is 2.13. The molecule has 23 heavy (non-hydrogen) atoms. The molecule has 0 aromatic heterocycles. The molecule has 0 aromatic rings. The molecule has 1 aliphatic rings. The van der Waals surface area contributed by atoms with Gasteiger partial charge >= 0.3 is 0 Å². The SMILES string of the molecule is CN=C(NCCCCCCCN(C)C)N(C)CC1CCOC1.I. The molecule has 1 rings (SSSR count). The molecule has 0 bridgehead atoms. The maximum Gasteiger partial charge on any atom is 0.193 e. The Kier molecular flexibility index (Phi) is 14.2. The second-order valence-electron chi connectivity index (χ2n) is 6.66. The zero-order valence-electron chi connectivity index (χ0n) is 15.5. The Morgan fingerprint density at radius 1 is 1.13 bits per heavy atom. The Labute approximate surface area is 160 Å². The second kappa shape index (κ2) is 14.3. The number of unbranched alkanes of at least 4 members (excludes halogenated alkanes) is 4. The van der Waals surface area contributed by atoms with Gasteiger partial charge in [0.2, 0.25) is 0 Å². The van der Waals surface area contributed by atoms with E-state index in [-0.39, 0.29) is 24.0 Å². The standard InChI is InChI=1S/C17H36N4O.HI/c1-18-17(21(4)14-16-10-13-22-15-16)19-11-8-6-5-7-9-12-20(2)3;/h16H,5-15H2,1-4H3,(H,18,19);1H. The minimum Gasteiger partial charge on any atom is -0.381 e. The van der Waals surface area contributed by atoms with Crippen LogP contribution in [0.15, 0.2) is 4.99 Å². The molecule has 0 saturated carbocycles. The van der Waals surface area contributed by atoms with E-state index in [0.29, 0.717) is 5.92 Å². The number of ether oxygens (including phenoxy) is 1. The first-order valence-electron chi connectivity index (χ1n) is 8.77. The number of aliphatic imine (C=N–C) groups is 1. The van der Waals surface area contributed by atoms with Gasteiger partial charge in [-0.25, -0.2) is 0 Å².